The van der Waals surface area contributed by atoms with E-state index in [1.165, 1.54) is 23.5 Å². The van der Waals surface area contributed by atoms with Crippen LogP contribution in [-0.4, -0.2) is 30.8 Å². The van der Waals surface area contributed by atoms with Gasteiger partial charge in [0.15, 0.2) is 17.4 Å². The maximum atomic E-state index is 14.6. The summed E-state index contributed by atoms with van der Waals surface area (Å²) in [5.41, 5.74) is 20.2. The molecule has 2 aliphatic rings. The van der Waals surface area contributed by atoms with Crippen molar-refractivity contribution < 1.29 is 18.4 Å². The number of nitrogen functional groups attached to an aromatic ring is 1. The van der Waals surface area contributed by atoms with Gasteiger partial charge in [-0.05, 0) is 54.3 Å². The van der Waals surface area contributed by atoms with Crippen LogP contribution in [-0.2, 0) is 10.3 Å². The number of carbonyl (C=O) groups is 2. The molecule has 7 nitrogen and oxygen atoms in total. The second-order valence-corrected chi connectivity index (χ2v) is 11.1. The SMILES string of the molecule is Nc1ccc2c3c(c(C(=O)NC4CCCNC4)sc13)C(N)C(=O)C2(N)c1cccc(-c2cccc(F)c2F)c1. The zero-order valence-electron chi connectivity index (χ0n) is 20.9. The van der Waals surface area contributed by atoms with Gasteiger partial charge in [-0.3, -0.25) is 9.59 Å². The minimum atomic E-state index is -1.71. The Morgan fingerprint density at radius 2 is 1.92 bits per heavy atom. The van der Waals surface area contributed by atoms with Crippen molar-refractivity contribution in [2.75, 3.05) is 18.8 Å². The minimum Gasteiger partial charge on any atom is -0.398 e. The Bertz CT molecular complexity index is 1650. The van der Waals surface area contributed by atoms with Crippen molar-refractivity contribution in [1.82, 2.24) is 10.6 Å². The number of nitrogens with one attached hydrogen (secondary N) is 2. The highest BCUT2D eigenvalue weighted by molar-refractivity contribution is 7.21. The summed E-state index contributed by atoms with van der Waals surface area (Å²) >= 11 is 1.19. The largest absolute Gasteiger partial charge is 0.398 e. The van der Waals surface area contributed by atoms with Gasteiger partial charge in [-0.2, -0.15) is 0 Å². The van der Waals surface area contributed by atoms with Gasteiger partial charge in [0.1, 0.15) is 5.54 Å². The molecule has 0 bridgehead atoms. The van der Waals surface area contributed by atoms with Crippen molar-refractivity contribution in [2.45, 2.75) is 30.5 Å². The highest BCUT2D eigenvalue weighted by atomic mass is 32.1. The van der Waals surface area contributed by atoms with E-state index >= 15 is 0 Å². The number of carbonyl (C=O) groups excluding carboxylic acids is 2. The van der Waals surface area contributed by atoms with Gasteiger partial charge in [-0.25, -0.2) is 8.78 Å². The van der Waals surface area contributed by atoms with Crippen LogP contribution in [0.5, 0.6) is 0 Å². The minimum absolute atomic E-state index is 0.0319. The number of ketones is 1. The lowest BCUT2D eigenvalue weighted by atomic mass is 9.70. The third-order valence-corrected chi connectivity index (χ3v) is 8.99. The zero-order chi connectivity index (χ0) is 27.5. The summed E-state index contributed by atoms with van der Waals surface area (Å²) < 4.78 is 29.2. The van der Waals surface area contributed by atoms with Crippen LogP contribution in [0.2, 0.25) is 0 Å². The van der Waals surface area contributed by atoms with E-state index in [0.29, 0.717) is 49.4 Å². The van der Waals surface area contributed by atoms with Crippen LogP contribution >= 0.6 is 11.3 Å². The summed E-state index contributed by atoms with van der Waals surface area (Å²) in [6, 6.07) is 12.5. The van der Waals surface area contributed by atoms with E-state index in [0.717, 1.165) is 25.5 Å². The molecule has 0 saturated carbocycles. The summed E-state index contributed by atoms with van der Waals surface area (Å²) in [7, 11) is 0. The molecule has 1 aromatic heterocycles. The number of anilines is 1. The van der Waals surface area contributed by atoms with Crippen LogP contribution in [0.15, 0.2) is 54.6 Å². The molecule has 1 amide bonds. The fourth-order valence-corrected chi connectivity index (χ4v) is 6.93. The molecule has 4 aromatic rings. The van der Waals surface area contributed by atoms with Gasteiger partial charge in [-0.1, -0.05) is 36.4 Å². The topological polar surface area (TPSA) is 136 Å². The number of Topliss-reactive ketones (excluding diaryl/α,β-unsaturated/α-hetero) is 1. The van der Waals surface area contributed by atoms with Gasteiger partial charge in [0.05, 0.1) is 15.6 Å². The first kappa shape index (κ1) is 25.6. The molecule has 0 radical (unpaired) electrons. The molecule has 39 heavy (non-hydrogen) atoms. The van der Waals surface area contributed by atoms with Crippen molar-refractivity contribution in [1.29, 1.82) is 0 Å². The fraction of sp³-hybridized carbons (Fsp3) is 0.241. The second kappa shape index (κ2) is 9.49. The number of nitrogens with two attached hydrogens (primary N) is 3. The Balaban J connectivity index is 1.51. The van der Waals surface area contributed by atoms with E-state index in [4.69, 9.17) is 17.2 Å². The quantitative estimate of drug-likeness (QED) is 0.247. The van der Waals surface area contributed by atoms with Crippen LogP contribution in [0.4, 0.5) is 14.5 Å². The lowest BCUT2D eigenvalue weighted by Gasteiger charge is -2.37. The number of thiophene rings is 1. The average Bonchev–Trinajstić information content (AvgIpc) is 3.35. The predicted molar refractivity (Wildman–Crippen MR) is 148 cm³/mol. The van der Waals surface area contributed by atoms with E-state index in [9.17, 15) is 18.4 Å². The van der Waals surface area contributed by atoms with Crippen LogP contribution in [0, 0.1) is 11.6 Å². The third kappa shape index (κ3) is 3.94. The average molecular weight is 548 g/mol. The Morgan fingerprint density at radius 3 is 2.69 bits per heavy atom. The number of benzene rings is 3. The van der Waals surface area contributed by atoms with Gasteiger partial charge in [0.25, 0.3) is 5.91 Å². The first-order chi connectivity index (χ1) is 18.7. The van der Waals surface area contributed by atoms with E-state index in [1.54, 1.807) is 36.4 Å². The number of halogens is 2. The lowest BCUT2D eigenvalue weighted by molar-refractivity contribution is -0.124. The standard InChI is InChI=1S/C29H27F2N5O2S/c30-19-8-2-7-17(23(19)31)14-4-1-5-15(12-14)29(34)18-9-10-20(32)25-21(18)22(24(33)27(29)37)26(39-25)28(38)36-16-6-3-11-35-13-16/h1-2,4-5,7-10,12,16,24,35H,3,6,11,13,32-34H2,(H,36,38). The molecule has 1 aliphatic heterocycles. The molecule has 2 heterocycles. The molecule has 200 valence electrons. The number of rotatable bonds is 4. The molecule has 10 heteroatoms. The summed E-state index contributed by atoms with van der Waals surface area (Å²) in [6.07, 6.45) is 1.80. The predicted octanol–water partition coefficient (Wildman–Crippen LogP) is 3.70. The zero-order valence-corrected chi connectivity index (χ0v) is 21.7. The van der Waals surface area contributed by atoms with Gasteiger partial charge in [0, 0.05) is 34.8 Å². The smallest absolute Gasteiger partial charge is 0.262 e. The molecular weight excluding hydrogens is 520 g/mol. The molecule has 8 N–H and O–H groups in total. The molecule has 6 rings (SSSR count). The van der Waals surface area contributed by atoms with Crippen molar-refractivity contribution in [2.24, 2.45) is 11.5 Å². The molecule has 3 aromatic carbocycles. The normalized spacial score (nSPS) is 22.7. The number of amides is 1. The highest BCUT2D eigenvalue weighted by Crippen LogP contribution is 2.49. The molecular formula is C29H27F2N5O2S. The summed E-state index contributed by atoms with van der Waals surface area (Å²) in [6.45, 7) is 1.57. The molecule has 3 atom stereocenters. The van der Waals surface area contributed by atoms with Gasteiger partial charge in [0.2, 0.25) is 0 Å². The maximum Gasteiger partial charge on any atom is 0.262 e. The van der Waals surface area contributed by atoms with Crippen LogP contribution in [0.3, 0.4) is 0 Å². The molecule has 3 unspecified atom stereocenters. The maximum absolute atomic E-state index is 14.6. The molecule has 1 aliphatic carbocycles. The lowest BCUT2D eigenvalue weighted by Crippen LogP contribution is -2.52. The van der Waals surface area contributed by atoms with E-state index in [1.807, 2.05) is 0 Å². The van der Waals surface area contributed by atoms with Crippen molar-refractivity contribution in [3.8, 4) is 11.1 Å². The van der Waals surface area contributed by atoms with Gasteiger partial charge < -0.3 is 27.8 Å². The monoisotopic (exact) mass is 547 g/mol. The molecule has 0 spiro atoms. The Labute approximate surface area is 227 Å². The third-order valence-electron chi connectivity index (χ3n) is 7.73. The Morgan fingerprint density at radius 1 is 1.13 bits per heavy atom. The Kier molecular flexibility index (Phi) is 6.22. The summed E-state index contributed by atoms with van der Waals surface area (Å²) in [5, 5.41) is 6.92. The summed E-state index contributed by atoms with van der Waals surface area (Å²) in [5.74, 6) is -2.79. The summed E-state index contributed by atoms with van der Waals surface area (Å²) in [4.78, 5) is 27.8. The second-order valence-electron chi connectivity index (χ2n) is 10.1. The molecule has 1 fully saturated rings. The number of hydrogen-bond donors (Lipinski definition) is 5. The van der Waals surface area contributed by atoms with Crippen molar-refractivity contribution in [3.63, 3.8) is 0 Å². The van der Waals surface area contributed by atoms with E-state index in [2.05, 4.69) is 10.6 Å². The first-order valence-electron chi connectivity index (χ1n) is 12.7. The van der Waals surface area contributed by atoms with Crippen molar-refractivity contribution >= 4 is 38.8 Å². The fourth-order valence-electron chi connectivity index (χ4n) is 5.73. The van der Waals surface area contributed by atoms with Gasteiger partial charge >= 0.3 is 0 Å². The van der Waals surface area contributed by atoms with E-state index < -0.39 is 29.0 Å². The first-order valence-corrected chi connectivity index (χ1v) is 13.5. The van der Waals surface area contributed by atoms with Crippen molar-refractivity contribution in [3.05, 3.63) is 87.8 Å². The number of hydrogen-bond acceptors (Lipinski definition) is 7. The highest BCUT2D eigenvalue weighted by Gasteiger charge is 2.49. The number of piperidine rings is 1. The van der Waals surface area contributed by atoms with Crippen LogP contribution in [0.25, 0.3) is 21.2 Å². The van der Waals surface area contributed by atoms with Crippen LogP contribution < -0.4 is 27.8 Å². The van der Waals surface area contributed by atoms with Gasteiger partial charge in [-0.15, -0.1) is 11.3 Å². The van der Waals surface area contributed by atoms with E-state index in [-0.39, 0.29) is 17.5 Å². The molecule has 1 saturated heterocycles. The Hall–Kier alpha value is -3.70. The van der Waals surface area contributed by atoms with Crippen LogP contribution in [0.1, 0.15) is 45.2 Å².